The Morgan fingerprint density at radius 2 is 2.19 bits per heavy atom. The molecule has 2 aromatic rings. The molecule has 5 nitrogen and oxygen atoms in total. The molecule has 1 aromatic heterocycles. The minimum atomic E-state index is 0.569. The van der Waals surface area contributed by atoms with E-state index in [1.165, 1.54) is 18.4 Å². The van der Waals surface area contributed by atoms with E-state index in [0.29, 0.717) is 23.9 Å². The van der Waals surface area contributed by atoms with Crippen LogP contribution < -0.4 is 10.9 Å². The highest BCUT2D eigenvalue weighted by atomic mass is 15.4. The fourth-order valence-electron chi connectivity index (χ4n) is 4.65. The van der Waals surface area contributed by atoms with Crippen LogP contribution in [0.5, 0.6) is 0 Å². The second-order valence-electron chi connectivity index (χ2n) is 7.91. The van der Waals surface area contributed by atoms with Gasteiger partial charge in [0.1, 0.15) is 5.82 Å². The number of benzene rings is 1. The van der Waals surface area contributed by atoms with E-state index in [2.05, 4.69) is 65.0 Å². The number of hydrogen-bond donors (Lipinski definition) is 2. The van der Waals surface area contributed by atoms with Gasteiger partial charge in [-0.2, -0.15) is 0 Å². The van der Waals surface area contributed by atoms with Crippen LogP contribution in [0.3, 0.4) is 0 Å². The molecule has 3 heterocycles. The second kappa shape index (κ2) is 7.51. The summed E-state index contributed by atoms with van der Waals surface area (Å²) in [6.45, 7) is 12.6. The van der Waals surface area contributed by atoms with Gasteiger partial charge in [0.2, 0.25) is 0 Å². The Balaban J connectivity index is 1.53. The van der Waals surface area contributed by atoms with E-state index < -0.39 is 0 Å². The molecule has 2 fully saturated rings. The SMILES string of the molecule is C=CCn1c(CN2CCC3NNC(C(C)CC)C3C2)nc2ccccc21. The van der Waals surface area contributed by atoms with Crippen molar-refractivity contribution in [2.24, 2.45) is 11.8 Å². The van der Waals surface area contributed by atoms with E-state index in [0.717, 1.165) is 37.5 Å². The van der Waals surface area contributed by atoms with Crippen LogP contribution in [0.2, 0.25) is 0 Å². The van der Waals surface area contributed by atoms with Gasteiger partial charge in [-0.05, 0) is 24.5 Å². The van der Waals surface area contributed by atoms with E-state index >= 15 is 0 Å². The van der Waals surface area contributed by atoms with Crippen LogP contribution in [-0.2, 0) is 13.1 Å². The van der Waals surface area contributed by atoms with Gasteiger partial charge in [0, 0.05) is 37.6 Å². The highest BCUT2D eigenvalue weighted by Gasteiger charge is 2.41. The molecule has 4 unspecified atom stereocenters. The molecule has 2 aliphatic heterocycles. The standard InChI is InChI=1S/C21H31N5/c1-4-11-26-19-9-7-6-8-18(19)22-20(26)14-25-12-10-17-16(13-25)21(24-23-17)15(3)5-2/h4,6-9,15-17,21,23-24H,1,5,10-14H2,2-3H3. The number of fused-ring (bicyclic) bond motifs is 2. The molecule has 1 aromatic carbocycles. The zero-order valence-corrected chi connectivity index (χ0v) is 16.0. The van der Waals surface area contributed by atoms with Crippen LogP contribution in [0.25, 0.3) is 11.0 Å². The number of rotatable bonds is 6. The number of allylic oxidation sites excluding steroid dienone is 1. The van der Waals surface area contributed by atoms with Crippen LogP contribution in [0.1, 0.15) is 32.5 Å². The Morgan fingerprint density at radius 1 is 1.35 bits per heavy atom. The van der Waals surface area contributed by atoms with Crippen LogP contribution in [0.15, 0.2) is 36.9 Å². The zero-order valence-electron chi connectivity index (χ0n) is 16.0. The van der Waals surface area contributed by atoms with E-state index in [1.54, 1.807) is 0 Å². The molecule has 0 amide bonds. The largest absolute Gasteiger partial charge is 0.323 e. The number of hydrazine groups is 1. The quantitative estimate of drug-likeness (QED) is 0.784. The van der Waals surface area contributed by atoms with Gasteiger partial charge in [0.15, 0.2) is 0 Å². The second-order valence-corrected chi connectivity index (χ2v) is 7.91. The topological polar surface area (TPSA) is 45.1 Å². The summed E-state index contributed by atoms with van der Waals surface area (Å²) in [6, 6.07) is 9.60. The van der Waals surface area contributed by atoms with Crippen molar-refractivity contribution < 1.29 is 0 Å². The molecule has 2 saturated heterocycles. The molecule has 0 radical (unpaired) electrons. The molecule has 2 aliphatic rings. The van der Waals surface area contributed by atoms with Gasteiger partial charge in [0.25, 0.3) is 0 Å². The van der Waals surface area contributed by atoms with E-state index in [4.69, 9.17) is 4.98 Å². The lowest BCUT2D eigenvalue weighted by Crippen LogP contribution is -2.47. The molecule has 4 atom stereocenters. The summed E-state index contributed by atoms with van der Waals surface area (Å²) in [7, 11) is 0. The number of nitrogens with zero attached hydrogens (tertiary/aromatic N) is 3. The van der Waals surface area contributed by atoms with Gasteiger partial charge in [-0.3, -0.25) is 15.8 Å². The maximum Gasteiger partial charge on any atom is 0.124 e. The molecular weight excluding hydrogens is 322 g/mol. The molecular formula is C21H31N5. The summed E-state index contributed by atoms with van der Waals surface area (Å²) >= 11 is 0. The minimum absolute atomic E-state index is 0.569. The van der Waals surface area contributed by atoms with E-state index in [9.17, 15) is 0 Å². The Morgan fingerprint density at radius 3 is 3.00 bits per heavy atom. The third kappa shape index (κ3) is 3.20. The van der Waals surface area contributed by atoms with Gasteiger partial charge in [0.05, 0.1) is 17.6 Å². The molecule has 26 heavy (non-hydrogen) atoms. The van der Waals surface area contributed by atoms with Crippen LogP contribution in [-0.4, -0.2) is 39.6 Å². The highest BCUT2D eigenvalue weighted by molar-refractivity contribution is 5.75. The molecule has 2 N–H and O–H groups in total. The number of imidazole rings is 1. The smallest absolute Gasteiger partial charge is 0.124 e. The average Bonchev–Trinajstić information content (AvgIpc) is 3.23. The number of likely N-dealkylation sites (tertiary alicyclic amines) is 1. The third-order valence-electron chi connectivity index (χ3n) is 6.31. The maximum atomic E-state index is 4.92. The molecule has 0 bridgehead atoms. The molecule has 0 spiro atoms. The number of nitrogens with one attached hydrogen (secondary N) is 2. The number of piperidine rings is 1. The van der Waals surface area contributed by atoms with Crippen molar-refractivity contribution in [3.63, 3.8) is 0 Å². The lowest BCUT2D eigenvalue weighted by Gasteiger charge is -2.37. The minimum Gasteiger partial charge on any atom is -0.323 e. The Hall–Kier alpha value is -1.69. The predicted octanol–water partition coefficient (Wildman–Crippen LogP) is 2.94. The first-order valence-electron chi connectivity index (χ1n) is 9.99. The van der Waals surface area contributed by atoms with Crippen LogP contribution in [0, 0.1) is 11.8 Å². The van der Waals surface area contributed by atoms with Crippen LogP contribution in [0.4, 0.5) is 0 Å². The van der Waals surface area contributed by atoms with Gasteiger partial charge in [-0.1, -0.05) is 38.5 Å². The van der Waals surface area contributed by atoms with Crippen molar-refractivity contribution in [1.82, 2.24) is 25.3 Å². The maximum absolute atomic E-state index is 4.92. The van der Waals surface area contributed by atoms with Gasteiger partial charge in [-0.15, -0.1) is 6.58 Å². The highest BCUT2D eigenvalue weighted by Crippen LogP contribution is 2.30. The first kappa shape index (κ1) is 17.7. The van der Waals surface area contributed by atoms with Crippen molar-refractivity contribution in [3.05, 3.63) is 42.7 Å². The van der Waals surface area contributed by atoms with Gasteiger partial charge in [-0.25, -0.2) is 4.98 Å². The van der Waals surface area contributed by atoms with Gasteiger partial charge < -0.3 is 4.57 Å². The fraction of sp³-hybridized carbons (Fsp3) is 0.571. The molecule has 4 rings (SSSR count). The van der Waals surface area contributed by atoms with Gasteiger partial charge >= 0.3 is 0 Å². The summed E-state index contributed by atoms with van der Waals surface area (Å²) < 4.78 is 2.31. The molecule has 140 valence electrons. The van der Waals surface area contributed by atoms with Crippen molar-refractivity contribution in [2.75, 3.05) is 13.1 Å². The van der Waals surface area contributed by atoms with E-state index in [-0.39, 0.29) is 0 Å². The zero-order chi connectivity index (χ0) is 18.1. The first-order valence-corrected chi connectivity index (χ1v) is 9.99. The average molecular weight is 354 g/mol. The fourth-order valence-corrected chi connectivity index (χ4v) is 4.65. The summed E-state index contributed by atoms with van der Waals surface area (Å²) in [5.74, 6) is 2.53. The Labute approximate surface area is 156 Å². The Bertz CT molecular complexity index is 767. The first-order chi connectivity index (χ1) is 12.7. The summed E-state index contributed by atoms with van der Waals surface area (Å²) in [5.41, 5.74) is 9.42. The number of aromatic nitrogens is 2. The van der Waals surface area contributed by atoms with Crippen molar-refractivity contribution in [1.29, 1.82) is 0 Å². The predicted molar refractivity (Wildman–Crippen MR) is 107 cm³/mol. The number of para-hydroxylation sites is 2. The summed E-state index contributed by atoms with van der Waals surface area (Å²) in [5, 5.41) is 0. The van der Waals surface area contributed by atoms with Crippen LogP contribution >= 0.6 is 0 Å². The number of hydrogen-bond acceptors (Lipinski definition) is 4. The lowest BCUT2D eigenvalue weighted by molar-refractivity contribution is 0.133. The van der Waals surface area contributed by atoms with Crippen molar-refractivity contribution in [3.8, 4) is 0 Å². The monoisotopic (exact) mass is 353 g/mol. The Kier molecular flexibility index (Phi) is 5.11. The molecule has 0 aliphatic carbocycles. The summed E-state index contributed by atoms with van der Waals surface area (Å²) in [6.07, 6.45) is 4.39. The normalized spacial score (nSPS) is 27.5. The van der Waals surface area contributed by atoms with Crippen molar-refractivity contribution >= 4 is 11.0 Å². The third-order valence-corrected chi connectivity index (χ3v) is 6.31. The molecule has 5 heteroatoms. The lowest BCUT2D eigenvalue weighted by atomic mass is 9.82. The summed E-state index contributed by atoms with van der Waals surface area (Å²) in [4.78, 5) is 7.51. The van der Waals surface area contributed by atoms with E-state index in [1.807, 2.05) is 6.08 Å². The van der Waals surface area contributed by atoms with Crippen molar-refractivity contribution in [2.45, 2.75) is 51.9 Å². The molecule has 0 saturated carbocycles.